The first-order valence-corrected chi connectivity index (χ1v) is 6.18. The van der Waals surface area contributed by atoms with Crippen LogP contribution < -0.4 is 5.32 Å². The van der Waals surface area contributed by atoms with E-state index in [-0.39, 0.29) is 0 Å². The maximum Gasteiger partial charge on any atom is 0.130 e. The van der Waals surface area contributed by atoms with E-state index in [4.69, 9.17) is 11.6 Å². The molecule has 0 saturated heterocycles. The van der Waals surface area contributed by atoms with Crippen molar-refractivity contribution in [2.45, 2.75) is 39.7 Å². The van der Waals surface area contributed by atoms with Crippen LogP contribution in [0.25, 0.3) is 0 Å². The summed E-state index contributed by atoms with van der Waals surface area (Å²) in [7, 11) is 3.89. The number of nitrogens with one attached hydrogen (secondary N) is 1. The van der Waals surface area contributed by atoms with Gasteiger partial charge in [0.1, 0.15) is 5.15 Å². The van der Waals surface area contributed by atoms with Gasteiger partial charge in [0.05, 0.1) is 5.69 Å². The second kappa shape index (κ2) is 5.69. The fourth-order valence-electron chi connectivity index (χ4n) is 2.06. The lowest BCUT2D eigenvalue weighted by atomic mass is 9.95. The van der Waals surface area contributed by atoms with Crippen molar-refractivity contribution in [2.24, 2.45) is 13.0 Å². The first kappa shape index (κ1) is 13.5. The van der Waals surface area contributed by atoms with Gasteiger partial charge in [-0.2, -0.15) is 5.10 Å². The third-order valence-corrected chi connectivity index (χ3v) is 3.54. The van der Waals surface area contributed by atoms with E-state index in [0.29, 0.717) is 12.0 Å². The Kier molecular flexibility index (Phi) is 4.81. The first-order chi connectivity index (χ1) is 7.45. The molecule has 1 aromatic rings. The minimum atomic E-state index is 0.547. The summed E-state index contributed by atoms with van der Waals surface area (Å²) in [4.78, 5) is 0. The molecule has 1 aromatic heterocycles. The molecule has 0 aromatic carbocycles. The highest BCUT2D eigenvalue weighted by molar-refractivity contribution is 6.30. The Balaban J connectivity index is 2.65. The molecule has 0 fully saturated rings. The monoisotopic (exact) mass is 243 g/mol. The van der Waals surface area contributed by atoms with Crippen molar-refractivity contribution >= 4 is 11.6 Å². The summed E-state index contributed by atoms with van der Waals surface area (Å²) in [5, 5.41) is 8.37. The summed E-state index contributed by atoms with van der Waals surface area (Å²) < 4.78 is 1.75. The van der Waals surface area contributed by atoms with Gasteiger partial charge in [0.25, 0.3) is 0 Å². The van der Waals surface area contributed by atoms with Gasteiger partial charge in [-0.15, -0.1) is 0 Å². The van der Waals surface area contributed by atoms with Gasteiger partial charge in [-0.1, -0.05) is 18.5 Å². The lowest BCUT2D eigenvalue weighted by molar-refractivity contribution is 0.439. The van der Waals surface area contributed by atoms with Crippen molar-refractivity contribution in [3.05, 3.63) is 16.4 Å². The maximum absolute atomic E-state index is 6.21. The van der Waals surface area contributed by atoms with Crippen molar-refractivity contribution in [3.63, 3.8) is 0 Å². The van der Waals surface area contributed by atoms with Crippen LogP contribution in [0.3, 0.4) is 0 Å². The number of halogens is 1. The molecule has 1 heterocycles. The van der Waals surface area contributed by atoms with Crippen LogP contribution in [0.5, 0.6) is 0 Å². The van der Waals surface area contributed by atoms with Crippen molar-refractivity contribution in [1.82, 2.24) is 15.1 Å². The van der Waals surface area contributed by atoms with Gasteiger partial charge in [-0.05, 0) is 39.7 Å². The van der Waals surface area contributed by atoms with Gasteiger partial charge in [-0.3, -0.25) is 4.68 Å². The molecule has 0 aliphatic heterocycles. The van der Waals surface area contributed by atoms with Gasteiger partial charge >= 0.3 is 0 Å². The zero-order valence-corrected chi connectivity index (χ0v) is 11.6. The fraction of sp³-hybridized carbons (Fsp3) is 0.750. The zero-order chi connectivity index (χ0) is 12.3. The van der Waals surface area contributed by atoms with Crippen LogP contribution in [0.2, 0.25) is 5.15 Å². The topological polar surface area (TPSA) is 29.9 Å². The van der Waals surface area contributed by atoms with Gasteiger partial charge in [0.15, 0.2) is 0 Å². The van der Waals surface area contributed by atoms with E-state index in [1.54, 1.807) is 4.68 Å². The van der Waals surface area contributed by atoms with Gasteiger partial charge < -0.3 is 5.32 Å². The maximum atomic E-state index is 6.21. The van der Waals surface area contributed by atoms with Crippen LogP contribution >= 0.6 is 11.6 Å². The molecule has 2 unspecified atom stereocenters. The van der Waals surface area contributed by atoms with Crippen molar-refractivity contribution in [1.29, 1.82) is 0 Å². The Labute approximate surface area is 103 Å². The molecule has 0 saturated carbocycles. The molecule has 4 heteroatoms. The number of hydrogen-bond acceptors (Lipinski definition) is 2. The predicted octanol–water partition coefficient (Wildman–Crippen LogP) is 2.56. The lowest BCUT2D eigenvalue weighted by Gasteiger charge is -2.16. The van der Waals surface area contributed by atoms with E-state index in [1.165, 1.54) is 5.56 Å². The molecule has 3 nitrogen and oxygen atoms in total. The highest BCUT2D eigenvalue weighted by Gasteiger charge is 2.15. The Bertz CT molecular complexity index is 346. The van der Waals surface area contributed by atoms with Crippen LogP contribution in [0.1, 0.15) is 31.5 Å². The van der Waals surface area contributed by atoms with Gasteiger partial charge in [0, 0.05) is 18.7 Å². The van der Waals surface area contributed by atoms with Crippen LogP contribution in [0.4, 0.5) is 0 Å². The van der Waals surface area contributed by atoms with E-state index in [1.807, 2.05) is 21.0 Å². The van der Waals surface area contributed by atoms with E-state index in [0.717, 1.165) is 23.7 Å². The van der Waals surface area contributed by atoms with Gasteiger partial charge in [-0.25, -0.2) is 0 Å². The third kappa shape index (κ3) is 3.22. The quantitative estimate of drug-likeness (QED) is 0.862. The largest absolute Gasteiger partial charge is 0.317 e. The SMILES string of the molecule is CNC(C)CC(C)Cc1c(C)nn(C)c1Cl. The Morgan fingerprint density at radius 2 is 2.06 bits per heavy atom. The molecule has 16 heavy (non-hydrogen) atoms. The van der Waals surface area contributed by atoms with E-state index in [2.05, 4.69) is 24.3 Å². The van der Waals surface area contributed by atoms with Gasteiger partial charge in [0.2, 0.25) is 0 Å². The zero-order valence-electron chi connectivity index (χ0n) is 10.8. The van der Waals surface area contributed by atoms with Crippen molar-refractivity contribution in [2.75, 3.05) is 7.05 Å². The van der Waals surface area contributed by atoms with Crippen LogP contribution in [-0.2, 0) is 13.5 Å². The van der Waals surface area contributed by atoms with E-state index in [9.17, 15) is 0 Å². The number of aromatic nitrogens is 2. The average molecular weight is 244 g/mol. The molecule has 0 bridgehead atoms. The summed E-state index contributed by atoms with van der Waals surface area (Å²) >= 11 is 6.21. The van der Waals surface area contributed by atoms with Crippen LogP contribution in [-0.4, -0.2) is 22.9 Å². The number of aryl methyl sites for hydroxylation is 2. The molecule has 1 N–H and O–H groups in total. The number of hydrogen-bond donors (Lipinski definition) is 1. The fourth-order valence-corrected chi connectivity index (χ4v) is 2.31. The summed E-state index contributed by atoms with van der Waals surface area (Å²) in [6.07, 6.45) is 2.16. The van der Waals surface area contributed by atoms with Crippen molar-refractivity contribution in [3.8, 4) is 0 Å². The molecular weight excluding hydrogens is 222 g/mol. The molecule has 1 rings (SSSR count). The lowest BCUT2D eigenvalue weighted by Crippen LogP contribution is -2.24. The second-order valence-electron chi connectivity index (χ2n) is 4.71. The van der Waals surface area contributed by atoms with Crippen LogP contribution in [0, 0.1) is 12.8 Å². The summed E-state index contributed by atoms with van der Waals surface area (Å²) in [5.41, 5.74) is 2.25. The smallest absolute Gasteiger partial charge is 0.130 e. The standard InChI is InChI=1S/C12H22ClN3/c1-8(6-9(2)14-4)7-11-10(3)15-16(5)12(11)13/h8-9,14H,6-7H2,1-5H3. The minimum Gasteiger partial charge on any atom is -0.317 e. The number of rotatable bonds is 5. The molecular formula is C12H22ClN3. The molecule has 2 atom stereocenters. The first-order valence-electron chi connectivity index (χ1n) is 5.81. The summed E-state index contributed by atoms with van der Waals surface area (Å²) in [6, 6.07) is 0.547. The second-order valence-corrected chi connectivity index (χ2v) is 5.07. The van der Waals surface area contributed by atoms with Crippen molar-refractivity contribution < 1.29 is 0 Å². The van der Waals surface area contributed by atoms with E-state index < -0.39 is 0 Å². The average Bonchev–Trinajstić information content (AvgIpc) is 2.45. The van der Waals surface area contributed by atoms with E-state index >= 15 is 0 Å². The molecule has 92 valence electrons. The molecule has 0 aliphatic carbocycles. The Morgan fingerprint density at radius 3 is 2.50 bits per heavy atom. The van der Waals surface area contributed by atoms with Crippen LogP contribution in [0.15, 0.2) is 0 Å². The highest BCUT2D eigenvalue weighted by atomic mass is 35.5. The predicted molar refractivity (Wildman–Crippen MR) is 69.0 cm³/mol. The minimum absolute atomic E-state index is 0.547. The molecule has 0 radical (unpaired) electrons. The number of nitrogens with zero attached hydrogens (tertiary/aromatic N) is 2. The summed E-state index contributed by atoms with van der Waals surface area (Å²) in [6.45, 7) is 6.49. The molecule has 0 spiro atoms. The summed E-state index contributed by atoms with van der Waals surface area (Å²) in [5.74, 6) is 0.614. The third-order valence-electron chi connectivity index (χ3n) is 3.07. The molecule has 0 aliphatic rings. The molecule has 0 amide bonds. The Hall–Kier alpha value is -0.540. The highest BCUT2D eigenvalue weighted by Crippen LogP contribution is 2.23. The Morgan fingerprint density at radius 1 is 1.44 bits per heavy atom. The normalized spacial score (nSPS) is 15.1.